The fourth-order valence-electron chi connectivity index (χ4n) is 3.37. The SMILES string of the molecule is O=C(CC1CCCC1)NC(C(=O)O)c1ccc2c(c1)CCO2. The maximum absolute atomic E-state index is 12.1. The number of aliphatic carboxylic acids is 1. The topological polar surface area (TPSA) is 75.6 Å². The standard InChI is InChI=1S/C17H21NO4/c19-15(9-11-3-1-2-4-11)18-16(17(20)21)13-5-6-14-12(10-13)7-8-22-14/h5-6,10-11,16H,1-4,7-9H2,(H,18,19)(H,20,21). The Kier molecular flexibility index (Phi) is 4.32. The molecule has 0 spiro atoms. The van der Waals surface area contributed by atoms with Crippen LogP contribution >= 0.6 is 0 Å². The van der Waals surface area contributed by atoms with Crippen LogP contribution in [0.3, 0.4) is 0 Å². The number of ether oxygens (including phenoxy) is 1. The fourth-order valence-corrected chi connectivity index (χ4v) is 3.37. The number of carbonyl (C=O) groups excluding carboxylic acids is 1. The number of carbonyl (C=O) groups is 2. The Bertz CT molecular complexity index is 578. The Morgan fingerprint density at radius 1 is 1.32 bits per heavy atom. The van der Waals surface area contributed by atoms with Crippen LogP contribution in [0.4, 0.5) is 0 Å². The summed E-state index contributed by atoms with van der Waals surface area (Å²) in [5.74, 6) is 0.0164. The predicted molar refractivity (Wildman–Crippen MR) is 80.7 cm³/mol. The van der Waals surface area contributed by atoms with Gasteiger partial charge in [0.15, 0.2) is 6.04 Å². The molecule has 1 fully saturated rings. The van der Waals surface area contributed by atoms with Gasteiger partial charge in [-0.25, -0.2) is 4.79 Å². The Morgan fingerprint density at radius 2 is 2.09 bits per heavy atom. The molecule has 1 aliphatic carbocycles. The summed E-state index contributed by atoms with van der Waals surface area (Å²) in [5, 5.41) is 12.1. The molecule has 5 heteroatoms. The van der Waals surface area contributed by atoms with Crippen molar-refractivity contribution in [2.45, 2.75) is 44.6 Å². The zero-order chi connectivity index (χ0) is 15.5. The van der Waals surface area contributed by atoms with Crippen molar-refractivity contribution in [3.05, 3.63) is 29.3 Å². The zero-order valence-corrected chi connectivity index (χ0v) is 12.5. The minimum atomic E-state index is -1.03. The molecular formula is C17H21NO4. The van der Waals surface area contributed by atoms with Crippen LogP contribution in [-0.2, 0) is 16.0 Å². The van der Waals surface area contributed by atoms with Crippen molar-refractivity contribution in [2.75, 3.05) is 6.61 Å². The van der Waals surface area contributed by atoms with Crippen LogP contribution in [0.25, 0.3) is 0 Å². The van der Waals surface area contributed by atoms with Gasteiger partial charge in [-0.05, 0) is 42.0 Å². The van der Waals surface area contributed by atoms with Crippen LogP contribution < -0.4 is 10.1 Å². The number of hydrogen-bond acceptors (Lipinski definition) is 3. The average molecular weight is 303 g/mol. The summed E-state index contributed by atoms with van der Waals surface area (Å²) in [4.78, 5) is 23.6. The van der Waals surface area contributed by atoms with Gasteiger partial charge in [0.05, 0.1) is 6.61 Å². The van der Waals surface area contributed by atoms with E-state index < -0.39 is 12.0 Å². The number of carboxylic acid groups (broad SMARTS) is 1. The monoisotopic (exact) mass is 303 g/mol. The van der Waals surface area contributed by atoms with E-state index in [0.29, 0.717) is 24.5 Å². The molecule has 1 saturated carbocycles. The predicted octanol–water partition coefficient (Wildman–Crippen LogP) is 2.44. The van der Waals surface area contributed by atoms with Crippen molar-refractivity contribution in [1.29, 1.82) is 0 Å². The molecule has 1 heterocycles. The van der Waals surface area contributed by atoms with Gasteiger partial charge in [-0.2, -0.15) is 0 Å². The molecule has 22 heavy (non-hydrogen) atoms. The Morgan fingerprint density at radius 3 is 2.82 bits per heavy atom. The number of hydrogen-bond donors (Lipinski definition) is 2. The molecule has 1 unspecified atom stereocenters. The van der Waals surface area contributed by atoms with Crippen molar-refractivity contribution >= 4 is 11.9 Å². The Hall–Kier alpha value is -2.04. The van der Waals surface area contributed by atoms with Crippen LogP contribution in [0.5, 0.6) is 5.75 Å². The fraction of sp³-hybridized carbons (Fsp3) is 0.529. The van der Waals surface area contributed by atoms with E-state index in [9.17, 15) is 14.7 Å². The van der Waals surface area contributed by atoms with Gasteiger partial charge in [0, 0.05) is 12.8 Å². The summed E-state index contributed by atoms with van der Waals surface area (Å²) in [5.41, 5.74) is 1.62. The molecule has 0 radical (unpaired) electrons. The molecule has 0 bridgehead atoms. The molecule has 1 aromatic rings. The second-order valence-corrected chi connectivity index (χ2v) is 6.16. The lowest BCUT2D eigenvalue weighted by Gasteiger charge is -2.17. The summed E-state index contributed by atoms with van der Waals surface area (Å²) in [6, 6.07) is 4.35. The van der Waals surface area contributed by atoms with Gasteiger partial charge in [0.2, 0.25) is 5.91 Å². The van der Waals surface area contributed by atoms with Gasteiger partial charge in [0.1, 0.15) is 5.75 Å². The highest BCUT2D eigenvalue weighted by Crippen LogP contribution is 2.30. The highest BCUT2D eigenvalue weighted by atomic mass is 16.5. The maximum atomic E-state index is 12.1. The third kappa shape index (κ3) is 3.24. The summed E-state index contributed by atoms with van der Waals surface area (Å²) in [6.45, 7) is 0.630. The van der Waals surface area contributed by atoms with E-state index in [-0.39, 0.29) is 5.91 Å². The Balaban J connectivity index is 1.69. The molecule has 1 atom stereocenters. The molecule has 0 saturated heterocycles. The average Bonchev–Trinajstić information content (AvgIpc) is 3.14. The summed E-state index contributed by atoms with van der Waals surface area (Å²) >= 11 is 0. The smallest absolute Gasteiger partial charge is 0.330 e. The van der Waals surface area contributed by atoms with E-state index in [0.717, 1.165) is 30.6 Å². The second-order valence-electron chi connectivity index (χ2n) is 6.16. The molecule has 1 aromatic carbocycles. The number of amides is 1. The third-order valence-corrected chi connectivity index (χ3v) is 4.55. The van der Waals surface area contributed by atoms with Gasteiger partial charge >= 0.3 is 5.97 Å². The lowest BCUT2D eigenvalue weighted by Crippen LogP contribution is -2.34. The van der Waals surface area contributed by atoms with E-state index in [4.69, 9.17) is 4.74 Å². The van der Waals surface area contributed by atoms with Gasteiger partial charge in [0.25, 0.3) is 0 Å². The number of rotatable bonds is 5. The van der Waals surface area contributed by atoms with Crippen molar-refractivity contribution < 1.29 is 19.4 Å². The van der Waals surface area contributed by atoms with E-state index in [1.807, 2.05) is 6.07 Å². The lowest BCUT2D eigenvalue weighted by molar-refractivity contribution is -0.142. The van der Waals surface area contributed by atoms with Crippen molar-refractivity contribution in [3.8, 4) is 5.75 Å². The molecule has 0 aromatic heterocycles. The Labute approximate surface area is 129 Å². The van der Waals surface area contributed by atoms with E-state index in [2.05, 4.69) is 5.32 Å². The molecule has 2 N–H and O–H groups in total. The minimum Gasteiger partial charge on any atom is -0.493 e. The normalized spacial score (nSPS) is 18.5. The maximum Gasteiger partial charge on any atom is 0.330 e. The van der Waals surface area contributed by atoms with Crippen LogP contribution in [0.1, 0.15) is 49.3 Å². The van der Waals surface area contributed by atoms with Crippen LogP contribution in [0, 0.1) is 5.92 Å². The van der Waals surface area contributed by atoms with Gasteiger partial charge in [-0.15, -0.1) is 0 Å². The van der Waals surface area contributed by atoms with E-state index in [1.165, 1.54) is 12.8 Å². The molecule has 118 valence electrons. The molecule has 1 amide bonds. The first-order chi connectivity index (χ1) is 10.6. The second kappa shape index (κ2) is 6.38. The number of carboxylic acids is 1. The molecular weight excluding hydrogens is 282 g/mol. The highest BCUT2D eigenvalue weighted by molar-refractivity contribution is 5.84. The van der Waals surface area contributed by atoms with Gasteiger partial charge in [-0.1, -0.05) is 18.9 Å². The zero-order valence-electron chi connectivity index (χ0n) is 12.5. The van der Waals surface area contributed by atoms with E-state index in [1.54, 1.807) is 12.1 Å². The number of fused-ring (bicyclic) bond motifs is 1. The quantitative estimate of drug-likeness (QED) is 0.876. The van der Waals surface area contributed by atoms with Crippen molar-refractivity contribution in [1.82, 2.24) is 5.32 Å². The van der Waals surface area contributed by atoms with Crippen LogP contribution in [-0.4, -0.2) is 23.6 Å². The van der Waals surface area contributed by atoms with Crippen LogP contribution in [0.2, 0.25) is 0 Å². The minimum absolute atomic E-state index is 0.170. The lowest BCUT2D eigenvalue weighted by atomic mass is 10.0. The number of nitrogens with one attached hydrogen (secondary N) is 1. The first kappa shape index (κ1) is 14.9. The summed E-state index contributed by atoms with van der Waals surface area (Å²) in [7, 11) is 0. The van der Waals surface area contributed by atoms with Crippen molar-refractivity contribution in [3.63, 3.8) is 0 Å². The molecule has 1 aliphatic heterocycles. The molecule has 3 rings (SSSR count). The molecule has 5 nitrogen and oxygen atoms in total. The first-order valence-corrected chi connectivity index (χ1v) is 7.91. The largest absolute Gasteiger partial charge is 0.493 e. The summed E-state index contributed by atoms with van der Waals surface area (Å²) in [6.07, 6.45) is 5.70. The van der Waals surface area contributed by atoms with Crippen molar-refractivity contribution in [2.24, 2.45) is 5.92 Å². The number of benzene rings is 1. The highest BCUT2D eigenvalue weighted by Gasteiger charge is 2.26. The van der Waals surface area contributed by atoms with E-state index >= 15 is 0 Å². The first-order valence-electron chi connectivity index (χ1n) is 7.91. The summed E-state index contributed by atoms with van der Waals surface area (Å²) < 4.78 is 5.43. The van der Waals surface area contributed by atoms with Crippen LogP contribution in [0.15, 0.2) is 18.2 Å². The molecule has 2 aliphatic rings. The third-order valence-electron chi connectivity index (χ3n) is 4.55. The van der Waals surface area contributed by atoms with Gasteiger partial charge in [-0.3, -0.25) is 4.79 Å². The van der Waals surface area contributed by atoms with Gasteiger partial charge < -0.3 is 15.2 Å².